The van der Waals surface area contributed by atoms with E-state index < -0.39 is 47.5 Å². The molecular formula is C15H19ClF6O2. The molecule has 2 rings (SSSR count). The number of aliphatic hydroxyl groups excluding tert-OH is 1. The quantitative estimate of drug-likeness (QED) is 0.499. The van der Waals surface area contributed by atoms with Crippen LogP contribution in [0.1, 0.15) is 32.6 Å². The van der Waals surface area contributed by atoms with Crippen LogP contribution in [0, 0.1) is 5.92 Å². The van der Waals surface area contributed by atoms with Crippen molar-refractivity contribution < 1.29 is 36.2 Å². The smallest absolute Gasteiger partial charge is 0.321 e. The first kappa shape index (κ1) is 19.8. The molecule has 5 unspecified atom stereocenters. The van der Waals surface area contributed by atoms with Crippen molar-refractivity contribution >= 4 is 11.6 Å². The summed E-state index contributed by atoms with van der Waals surface area (Å²) < 4.78 is 88.2. The van der Waals surface area contributed by atoms with E-state index in [0.717, 1.165) is 0 Å². The molecule has 9 heteroatoms. The summed E-state index contributed by atoms with van der Waals surface area (Å²) in [4.78, 5) is 0. The van der Waals surface area contributed by atoms with Gasteiger partial charge in [0.25, 0.3) is 0 Å². The van der Waals surface area contributed by atoms with Gasteiger partial charge < -0.3 is 9.84 Å². The molecule has 0 spiro atoms. The monoisotopic (exact) mass is 380 g/mol. The van der Waals surface area contributed by atoms with Crippen LogP contribution in [0.5, 0.6) is 0 Å². The van der Waals surface area contributed by atoms with Crippen molar-refractivity contribution in [1.29, 1.82) is 0 Å². The molecule has 5 atom stereocenters. The highest BCUT2D eigenvalue weighted by Gasteiger charge is 2.84. The molecular weight excluding hydrogens is 362 g/mol. The number of fused-ring (bicyclic) bond motifs is 2. The van der Waals surface area contributed by atoms with Gasteiger partial charge in [0.05, 0.1) is 6.10 Å². The zero-order chi connectivity index (χ0) is 18.3. The Labute approximate surface area is 140 Å². The van der Waals surface area contributed by atoms with E-state index in [0.29, 0.717) is 18.7 Å². The van der Waals surface area contributed by atoms with Crippen LogP contribution in [0.4, 0.5) is 26.3 Å². The normalized spacial score (nSPS) is 37.1. The van der Waals surface area contributed by atoms with Gasteiger partial charge in [0, 0.05) is 18.9 Å². The second kappa shape index (κ2) is 6.68. The van der Waals surface area contributed by atoms with Gasteiger partial charge in [-0.3, -0.25) is 0 Å². The van der Waals surface area contributed by atoms with Crippen LogP contribution < -0.4 is 0 Å². The SMILES string of the molecule is CC(CCC(CO)CCCl)OC12CC(F)(C(F)=C1F)C(F)(F)C2F. The maximum absolute atomic E-state index is 14.1. The van der Waals surface area contributed by atoms with E-state index in [-0.39, 0.29) is 18.9 Å². The molecule has 140 valence electrons. The predicted molar refractivity (Wildman–Crippen MR) is 76.0 cm³/mol. The van der Waals surface area contributed by atoms with Crippen LogP contribution in [0.15, 0.2) is 11.7 Å². The third-order valence-electron chi connectivity index (χ3n) is 4.84. The van der Waals surface area contributed by atoms with Crippen molar-refractivity contribution in [3.05, 3.63) is 11.7 Å². The Morgan fingerprint density at radius 2 is 1.83 bits per heavy atom. The van der Waals surface area contributed by atoms with Crippen LogP contribution in [-0.2, 0) is 4.74 Å². The van der Waals surface area contributed by atoms with Gasteiger partial charge in [-0.15, -0.1) is 11.6 Å². The summed E-state index contributed by atoms with van der Waals surface area (Å²) in [5.41, 5.74) is -6.95. The molecule has 0 aromatic heterocycles. The fraction of sp³-hybridized carbons (Fsp3) is 0.867. The van der Waals surface area contributed by atoms with E-state index in [4.69, 9.17) is 21.4 Å². The summed E-state index contributed by atoms with van der Waals surface area (Å²) in [6, 6.07) is 0. The number of alkyl halides is 5. The third kappa shape index (κ3) is 2.74. The summed E-state index contributed by atoms with van der Waals surface area (Å²) in [6.07, 6.45) is -4.66. The topological polar surface area (TPSA) is 29.5 Å². The number of hydrogen-bond donors (Lipinski definition) is 1. The number of allylic oxidation sites excluding steroid dienone is 1. The van der Waals surface area contributed by atoms with Crippen molar-refractivity contribution in [2.24, 2.45) is 5.92 Å². The van der Waals surface area contributed by atoms with Gasteiger partial charge >= 0.3 is 5.92 Å². The number of halogens is 7. The number of rotatable bonds is 8. The lowest BCUT2D eigenvalue weighted by Crippen LogP contribution is -2.52. The molecule has 0 aromatic carbocycles. The Morgan fingerprint density at radius 3 is 2.38 bits per heavy atom. The van der Waals surface area contributed by atoms with Crippen LogP contribution in [-0.4, -0.2) is 47.1 Å². The highest BCUT2D eigenvalue weighted by atomic mass is 35.5. The molecule has 24 heavy (non-hydrogen) atoms. The molecule has 0 amide bonds. The zero-order valence-electron chi connectivity index (χ0n) is 13.0. The summed E-state index contributed by atoms with van der Waals surface area (Å²) in [5, 5.41) is 9.15. The Balaban J connectivity index is 2.11. The summed E-state index contributed by atoms with van der Waals surface area (Å²) in [6.45, 7) is 1.21. The molecule has 0 aliphatic heterocycles. The number of hydrogen-bond acceptors (Lipinski definition) is 2. The molecule has 0 heterocycles. The van der Waals surface area contributed by atoms with E-state index in [1.807, 2.05) is 0 Å². The average molecular weight is 381 g/mol. The molecule has 1 N–H and O–H groups in total. The van der Waals surface area contributed by atoms with Crippen LogP contribution in [0.3, 0.4) is 0 Å². The molecule has 0 radical (unpaired) electrons. The predicted octanol–water partition coefficient (Wildman–Crippen LogP) is 4.40. The first-order chi connectivity index (χ1) is 11.1. The fourth-order valence-corrected chi connectivity index (χ4v) is 3.67. The lowest BCUT2D eigenvalue weighted by atomic mass is 9.94. The number of ether oxygens (including phenoxy) is 1. The molecule has 0 saturated heterocycles. The highest BCUT2D eigenvalue weighted by molar-refractivity contribution is 6.17. The second-order valence-electron chi connectivity index (χ2n) is 6.51. The standard InChI is InChI=1S/C15H19ClF6O2/c1-8(2-3-9(6-23)4-5-16)24-13-7-14(20,11(18)10(13)17)15(21,22)12(13)19/h8-9,12,23H,2-7H2,1H3. The van der Waals surface area contributed by atoms with Crippen molar-refractivity contribution in [1.82, 2.24) is 0 Å². The molecule has 2 aliphatic rings. The third-order valence-corrected chi connectivity index (χ3v) is 5.06. The highest BCUT2D eigenvalue weighted by Crippen LogP contribution is 2.66. The Morgan fingerprint density at radius 1 is 1.21 bits per heavy atom. The van der Waals surface area contributed by atoms with Crippen LogP contribution >= 0.6 is 11.6 Å². The van der Waals surface area contributed by atoms with Gasteiger partial charge in [-0.05, 0) is 32.1 Å². The van der Waals surface area contributed by atoms with Crippen LogP contribution in [0.25, 0.3) is 0 Å². The summed E-state index contributed by atoms with van der Waals surface area (Å²) >= 11 is 5.56. The minimum atomic E-state index is -4.70. The zero-order valence-corrected chi connectivity index (χ0v) is 13.7. The Hall–Kier alpha value is -0.470. The van der Waals surface area contributed by atoms with E-state index in [1.165, 1.54) is 6.92 Å². The lowest BCUT2D eigenvalue weighted by molar-refractivity contribution is -0.181. The minimum absolute atomic E-state index is 0.162. The maximum atomic E-state index is 14.1. The van der Waals surface area contributed by atoms with Gasteiger partial charge in [0.2, 0.25) is 11.8 Å². The van der Waals surface area contributed by atoms with Gasteiger partial charge in [0.15, 0.2) is 17.3 Å². The average Bonchev–Trinajstić information content (AvgIpc) is 2.82. The maximum Gasteiger partial charge on any atom is 0.321 e. The van der Waals surface area contributed by atoms with E-state index in [2.05, 4.69) is 0 Å². The van der Waals surface area contributed by atoms with E-state index in [9.17, 15) is 26.3 Å². The lowest BCUT2D eigenvalue weighted by Gasteiger charge is -2.35. The van der Waals surface area contributed by atoms with Gasteiger partial charge in [-0.1, -0.05) is 0 Å². The summed E-state index contributed by atoms with van der Waals surface area (Å²) in [7, 11) is 0. The largest absolute Gasteiger partial charge is 0.396 e. The first-order valence-electron chi connectivity index (χ1n) is 7.68. The molecule has 1 saturated carbocycles. The van der Waals surface area contributed by atoms with Crippen LogP contribution in [0.2, 0.25) is 0 Å². The first-order valence-corrected chi connectivity index (χ1v) is 8.22. The van der Waals surface area contributed by atoms with E-state index >= 15 is 0 Å². The van der Waals surface area contributed by atoms with Gasteiger partial charge in [0.1, 0.15) is 0 Å². The molecule has 0 aromatic rings. The summed E-state index contributed by atoms with van der Waals surface area (Å²) in [5.74, 6) is -8.80. The Bertz CT molecular complexity index is 516. The van der Waals surface area contributed by atoms with Crippen molar-refractivity contribution in [2.75, 3.05) is 12.5 Å². The molecule has 2 aliphatic carbocycles. The molecule has 2 nitrogen and oxygen atoms in total. The minimum Gasteiger partial charge on any atom is -0.396 e. The molecule has 2 bridgehead atoms. The van der Waals surface area contributed by atoms with Gasteiger partial charge in [-0.2, -0.15) is 8.78 Å². The fourth-order valence-electron chi connectivity index (χ4n) is 3.36. The Kier molecular flexibility index (Phi) is 5.53. The van der Waals surface area contributed by atoms with E-state index in [1.54, 1.807) is 0 Å². The second-order valence-corrected chi connectivity index (χ2v) is 6.89. The number of aliphatic hydroxyl groups is 1. The van der Waals surface area contributed by atoms with Crippen molar-refractivity contribution in [3.8, 4) is 0 Å². The van der Waals surface area contributed by atoms with Gasteiger partial charge in [-0.25, -0.2) is 17.6 Å². The van der Waals surface area contributed by atoms with Crippen molar-refractivity contribution in [2.45, 2.75) is 62.1 Å². The molecule has 1 fully saturated rings. The van der Waals surface area contributed by atoms with Crippen molar-refractivity contribution in [3.63, 3.8) is 0 Å².